The molecular formula is C19H14N4O3. The maximum atomic E-state index is 12.3. The number of hydrogen-bond acceptors (Lipinski definition) is 6. The van der Waals surface area contributed by atoms with Gasteiger partial charge in [-0.15, -0.1) is 0 Å². The number of carbonyl (C=O) groups is 1. The molecule has 0 fully saturated rings. The molecular weight excluding hydrogens is 332 g/mol. The first-order valence-corrected chi connectivity index (χ1v) is 7.96. The van der Waals surface area contributed by atoms with E-state index in [1.807, 2.05) is 24.3 Å². The van der Waals surface area contributed by atoms with Gasteiger partial charge >= 0.3 is 6.01 Å². The second kappa shape index (κ2) is 7.02. The van der Waals surface area contributed by atoms with Crippen molar-refractivity contribution in [3.05, 3.63) is 72.7 Å². The number of amides is 1. The number of anilines is 1. The van der Waals surface area contributed by atoms with Gasteiger partial charge in [0.15, 0.2) is 5.58 Å². The van der Waals surface area contributed by atoms with Crippen LogP contribution < -0.4 is 10.1 Å². The summed E-state index contributed by atoms with van der Waals surface area (Å²) in [6, 6.07) is 16.4. The predicted octanol–water partition coefficient (Wildman–Crippen LogP) is 3.59. The molecule has 0 aliphatic heterocycles. The van der Waals surface area contributed by atoms with Gasteiger partial charge in [0.25, 0.3) is 0 Å². The van der Waals surface area contributed by atoms with Gasteiger partial charge in [-0.25, -0.2) is 9.97 Å². The number of nitrogens with zero attached hydrogens (tertiary/aromatic N) is 3. The van der Waals surface area contributed by atoms with E-state index in [0.29, 0.717) is 22.7 Å². The fourth-order valence-electron chi connectivity index (χ4n) is 2.50. The lowest BCUT2D eigenvalue weighted by Crippen LogP contribution is -2.14. The summed E-state index contributed by atoms with van der Waals surface area (Å²) in [7, 11) is 0. The molecule has 0 radical (unpaired) electrons. The van der Waals surface area contributed by atoms with E-state index in [4.69, 9.17) is 9.26 Å². The molecule has 4 aromatic rings. The Morgan fingerprint density at radius 3 is 2.77 bits per heavy atom. The molecule has 7 nitrogen and oxygen atoms in total. The third-order valence-corrected chi connectivity index (χ3v) is 3.65. The molecule has 128 valence electrons. The molecule has 0 unspecified atom stereocenters. The smallest absolute Gasteiger partial charge is 0.321 e. The van der Waals surface area contributed by atoms with Gasteiger partial charge in [0.1, 0.15) is 11.4 Å². The molecule has 1 N–H and O–H groups in total. The van der Waals surface area contributed by atoms with Crippen LogP contribution in [0.3, 0.4) is 0 Å². The molecule has 0 saturated carbocycles. The zero-order chi connectivity index (χ0) is 17.8. The number of rotatable bonds is 5. The van der Waals surface area contributed by atoms with Gasteiger partial charge in [-0.3, -0.25) is 4.79 Å². The van der Waals surface area contributed by atoms with E-state index in [0.717, 1.165) is 5.39 Å². The lowest BCUT2D eigenvalue weighted by molar-refractivity contribution is -0.115. The summed E-state index contributed by atoms with van der Waals surface area (Å²) in [6.07, 6.45) is 3.30. The fraction of sp³-hybridized carbons (Fsp3) is 0.0526. The van der Waals surface area contributed by atoms with E-state index in [-0.39, 0.29) is 18.3 Å². The predicted molar refractivity (Wildman–Crippen MR) is 94.9 cm³/mol. The zero-order valence-electron chi connectivity index (χ0n) is 13.6. The van der Waals surface area contributed by atoms with Gasteiger partial charge in [-0.05, 0) is 30.3 Å². The molecule has 0 aliphatic rings. The third kappa shape index (κ3) is 3.51. The van der Waals surface area contributed by atoms with Crippen molar-refractivity contribution in [2.75, 3.05) is 5.32 Å². The molecule has 0 saturated heterocycles. The van der Waals surface area contributed by atoms with Gasteiger partial charge < -0.3 is 14.6 Å². The lowest BCUT2D eigenvalue weighted by atomic mass is 10.1. The number of para-hydroxylation sites is 1. The maximum Gasteiger partial charge on any atom is 0.321 e. The van der Waals surface area contributed by atoms with Crippen LogP contribution in [0.4, 0.5) is 5.69 Å². The van der Waals surface area contributed by atoms with Crippen LogP contribution in [-0.4, -0.2) is 21.0 Å². The van der Waals surface area contributed by atoms with Crippen molar-refractivity contribution in [1.29, 1.82) is 0 Å². The summed E-state index contributed by atoms with van der Waals surface area (Å²) in [5, 5.41) is 7.64. The molecule has 4 rings (SSSR count). The Balaban J connectivity index is 1.45. The van der Waals surface area contributed by atoms with Crippen molar-refractivity contribution in [3.8, 4) is 11.8 Å². The molecule has 0 aliphatic carbocycles. The number of hydrogen-bond donors (Lipinski definition) is 1. The SMILES string of the molecule is O=C(Cc1noc2ccccc12)Nc1cccc(Oc2ncccn2)c1. The minimum Gasteiger partial charge on any atom is -0.424 e. The normalized spacial score (nSPS) is 10.6. The average Bonchev–Trinajstić information content (AvgIpc) is 3.06. The highest BCUT2D eigenvalue weighted by atomic mass is 16.5. The van der Waals surface area contributed by atoms with Crippen molar-refractivity contribution in [3.63, 3.8) is 0 Å². The second-order valence-corrected chi connectivity index (χ2v) is 5.51. The summed E-state index contributed by atoms with van der Waals surface area (Å²) in [5.41, 5.74) is 1.87. The van der Waals surface area contributed by atoms with Crippen LogP contribution >= 0.6 is 0 Å². The minimum absolute atomic E-state index is 0.115. The van der Waals surface area contributed by atoms with Crippen LogP contribution in [0.1, 0.15) is 5.69 Å². The number of carbonyl (C=O) groups excluding carboxylic acids is 1. The second-order valence-electron chi connectivity index (χ2n) is 5.51. The van der Waals surface area contributed by atoms with Crippen LogP contribution in [-0.2, 0) is 11.2 Å². The van der Waals surface area contributed by atoms with Crippen molar-refractivity contribution in [2.24, 2.45) is 0 Å². The standard InChI is InChI=1S/C19H14N4O3/c24-18(12-16-15-7-1-2-8-17(15)26-23-16)22-13-5-3-6-14(11-13)25-19-20-9-4-10-21-19/h1-11H,12H2,(H,22,24). The van der Waals surface area contributed by atoms with Crippen molar-refractivity contribution in [1.82, 2.24) is 15.1 Å². The Kier molecular flexibility index (Phi) is 4.26. The molecule has 2 aromatic carbocycles. The molecule has 2 heterocycles. The number of nitrogens with one attached hydrogen (secondary N) is 1. The first-order chi connectivity index (χ1) is 12.8. The van der Waals surface area contributed by atoms with Gasteiger partial charge in [0.05, 0.1) is 6.42 Å². The summed E-state index contributed by atoms with van der Waals surface area (Å²) >= 11 is 0. The van der Waals surface area contributed by atoms with Crippen LogP contribution in [0.25, 0.3) is 11.0 Å². The van der Waals surface area contributed by atoms with E-state index in [1.54, 1.807) is 42.7 Å². The molecule has 1 amide bonds. The summed E-state index contributed by atoms with van der Waals surface area (Å²) in [6.45, 7) is 0. The topological polar surface area (TPSA) is 90.1 Å². The number of benzene rings is 2. The highest BCUT2D eigenvalue weighted by Gasteiger charge is 2.12. The fourth-order valence-corrected chi connectivity index (χ4v) is 2.50. The highest BCUT2D eigenvalue weighted by Crippen LogP contribution is 2.22. The van der Waals surface area contributed by atoms with Crippen molar-refractivity contribution >= 4 is 22.6 Å². The average molecular weight is 346 g/mol. The lowest BCUT2D eigenvalue weighted by Gasteiger charge is -2.07. The van der Waals surface area contributed by atoms with Crippen molar-refractivity contribution in [2.45, 2.75) is 6.42 Å². The summed E-state index contributed by atoms with van der Waals surface area (Å²) in [4.78, 5) is 20.3. The Hall–Kier alpha value is -3.74. The molecule has 2 aromatic heterocycles. The van der Waals surface area contributed by atoms with Crippen LogP contribution in [0, 0.1) is 0 Å². The van der Waals surface area contributed by atoms with Crippen LogP contribution in [0.5, 0.6) is 11.8 Å². The Labute approximate surface area is 148 Å². The minimum atomic E-state index is -0.197. The van der Waals surface area contributed by atoms with Crippen LogP contribution in [0.2, 0.25) is 0 Å². The monoisotopic (exact) mass is 346 g/mol. The van der Waals surface area contributed by atoms with E-state index in [1.165, 1.54) is 0 Å². The molecule has 0 bridgehead atoms. The molecule has 7 heteroatoms. The molecule has 0 atom stereocenters. The largest absolute Gasteiger partial charge is 0.424 e. The molecule has 0 spiro atoms. The Bertz CT molecular complexity index is 1050. The first-order valence-electron chi connectivity index (χ1n) is 7.96. The highest BCUT2D eigenvalue weighted by molar-refractivity contribution is 5.94. The third-order valence-electron chi connectivity index (χ3n) is 3.65. The van der Waals surface area contributed by atoms with Gasteiger partial charge in [-0.2, -0.15) is 0 Å². The number of aromatic nitrogens is 3. The van der Waals surface area contributed by atoms with E-state index >= 15 is 0 Å². The van der Waals surface area contributed by atoms with E-state index in [2.05, 4.69) is 20.4 Å². The van der Waals surface area contributed by atoms with Gasteiger partial charge in [0.2, 0.25) is 5.91 Å². The zero-order valence-corrected chi connectivity index (χ0v) is 13.6. The quantitative estimate of drug-likeness (QED) is 0.594. The number of fused-ring (bicyclic) bond motifs is 1. The Morgan fingerprint density at radius 1 is 1.04 bits per heavy atom. The van der Waals surface area contributed by atoms with Crippen molar-refractivity contribution < 1.29 is 14.1 Å². The van der Waals surface area contributed by atoms with Gasteiger partial charge in [-0.1, -0.05) is 23.4 Å². The summed E-state index contributed by atoms with van der Waals surface area (Å²) < 4.78 is 10.8. The van der Waals surface area contributed by atoms with Gasteiger partial charge in [0, 0.05) is 29.5 Å². The van der Waals surface area contributed by atoms with E-state index < -0.39 is 0 Å². The Morgan fingerprint density at radius 2 is 1.88 bits per heavy atom. The first kappa shape index (κ1) is 15.8. The van der Waals surface area contributed by atoms with Crippen LogP contribution in [0.15, 0.2) is 71.5 Å². The van der Waals surface area contributed by atoms with E-state index in [9.17, 15) is 4.79 Å². The maximum absolute atomic E-state index is 12.3. The summed E-state index contributed by atoms with van der Waals surface area (Å²) in [5.74, 6) is 0.332. The number of ether oxygens (including phenoxy) is 1. The molecule has 26 heavy (non-hydrogen) atoms.